The number of hydrogen-bond donors (Lipinski definition) is 1. The minimum Gasteiger partial charge on any atom is -0.497 e. The van der Waals surface area contributed by atoms with Crippen LogP contribution in [0.25, 0.3) is 0 Å². The van der Waals surface area contributed by atoms with Crippen LogP contribution in [0.3, 0.4) is 0 Å². The van der Waals surface area contributed by atoms with E-state index in [1.165, 1.54) is 36.3 Å². The zero-order chi connectivity index (χ0) is 29.4. The van der Waals surface area contributed by atoms with E-state index in [0.717, 1.165) is 9.87 Å². The second-order valence-corrected chi connectivity index (χ2v) is 11.9. The lowest BCUT2D eigenvalue weighted by Gasteiger charge is -2.32. The molecule has 0 fully saturated rings. The van der Waals surface area contributed by atoms with Crippen LogP contribution in [0.2, 0.25) is 10.0 Å². The van der Waals surface area contributed by atoms with Gasteiger partial charge in [0.15, 0.2) is 0 Å². The molecule has 0 aliphatic rings. The predicted molar refractivity (Wildman–Crippen MR) is 158 cm³/mol. The van der Waals surface area contributed by atoms with Crippen LogP contribution in [0.4, 0.5) is 5.69 Å². The average molecular weight is 607 g/mol. The molecule has 3 aromatic carbocycles. The Kier molecular flexibility index (Phi) is 10.8. The van der Waals surface area contributed by atoms with E-state index in [9.17, 15) is 18.0 Å². The topological polar surface area (TPSA) is 96.0 Å². The Balaban J connectivity index is 2.05. The number of anilines is 1. The summed E-state index contributed by atoms with van der Waals surface area (Å²) in [6, 6.07) is 16.7. The second-order valence-electron chi connectivity index (χ2n) is 9.21. The first-order valence-electron chi connectivity index (χ1n) is 12.7. The van der Waals surface area contributed by atoms with Gasteiger partial charge in [0.05, 0.1) is 17.7 Å². The Morgan fingerprint density at radius 3 is 2.12 bits per heavy atom. The number of rotatable bonds is 12. The lowest BCUT2D eigenvalue weighted by Crippen LogP contribution is -2.51. The molecule has 0 radical (unpaired) electrons. The molecule has 0 bridgehead atoms. The molecule has 0 spiro atoms. The summed E-state index contributed by atoms with van der Waals surface area (Å²) >= 11 is 12.8. The second kappa shape index (κ2) is 13.9. The molecule has 8 nitrogen and oxygen atoms in total. The lowest BCUT2D eigenvalue weighted by atomic mass is 10.1. The van der Waals surface area contributed by atoms with Gasteiger partial charge in [-0.15, -0.1) is 0 Å². The molecular formula is C29H33Cl2N3O5S. The summed E-state index contributed by atoms with van der Waals surface area (Å²) in [6.07, 6.45) is 0.712. The number of amides is 2. The van der Waals surface area contributed by atoms with Gasteiger partial charge in [0.25, 0.3) is 10.0 Å². The standard InChI is InChI=1S/C29H33Cl2N3O5S/c1-5-17-32-29(36)21(3)33(18-25-26(30)7-6-8-27(25)31)28(35)19-34(22-11-9-20(2)10-12-22)40(37,38)24-15-13-23(39-4)14-16-24/h6-16,21H,5,17-19H2,1-4H3,(H,32,36)/t21-/m0/s1. The normalized spacial score (nSPS) is 11.9. The van der Waals surface area contributed by atoms with Crippen molar-refractivity contribution in [3.8, 4) is 5.75 Å². The van der Waals surface area contributed by atoms with Gasteiger partial charge < -0.3 is 15.0 Å². The third-order valence-corrected chi connectivity index (χ3v) is 8.85. The van der Waals surface area contributed by atoms with E-state index in [2.05, 4.69) is 5.32 Å². The number of methoxy groups -OCH3 is 1. The lowest BCUT2D eigenvalue weighted by molar-refractivity contribution is -0.139. The molecule has 1 N–H and O–H groups in total. The van der Waals surface area contributed by atoms with Gasteiger partial charge in [-0.05, 0) is 68.8 Å². The molecule has 1 atom stereocenters. The number of benzene rings is 3. The molecule has 0 saturated carbocycles. The molecule has 3 rings (SSSR count). The van der Waals surface area contributed by atoms with Gasteiger partial charge >= 0.3 is 0 Å². The third kappa shape index (κ3) is 7.47. The highest BCUT2D eigenvalue weighted by Crippen LogP contribution is 2.29. The number of nitrogens with one attached hydrogen (secondary N) is 1. The molecule has 214 valence electrons. The van der Waals surface area contributed by atoms with Gasteiger partial charge in [0.1, 0.15) is 18.3 Å². The highest BCUT2D eigenvalue weighted by Gasteiger charge is 2.33. The van der Waals surface area contributed by atoms with Gasteiger partial charge in [-0.2, -0.15) is 0 Å². The quantitative estimate of drug-likeness (QED) is 0.296. The number of aryl methyl sites for hydroxylation is 1. The number of sulfonamides is 1. The fourth-order valence-electron chi connectivity index (χ4n) is 3.95. The van der Waals surface area contributed by atoms with Crippen LogP contribution in [-0.4, -0.2) is 51.4 Å². The fraction of sp³-hybridized carbons (Fsp3) is 0.310. The fourth-order valence-corrected chi connectivity index (χ4v) is 5.88. The molecule has 0 unspecified atom stereocenters. The molecule has 3 aromatic rings. The summed E-state index contributed by atoms with van der Waals surface area (Å²) in [5.74, 6) is -0.488. The van der Waals surface area contributed by atoms with Crippen molar-refractivity contribution < 1.29 is 22.7 Å². The van der Waals surface area contributed by atoms with Crippen LogP contribution in [0.1, 0.15) is 31.4 Å². The first-order valence-corrected chi connectivity index (χ1v) is 14.9. The van der Waals surface area contributed by atoms with E-state index < -0.39 is 28.5 Å². The average Bonchev–Trinajstić information content (AvgIpc) is 2.94. The van der Waals surface area contributed by atoms with E-state index in [1.807, 2.05) is 13.8 Å². The molecule has 40 heavy (non-hydrogen) atoms. The highest BCUT2D eigenvalue weighted by atomic mass is 35.5. The SMILES string of the molecule is CCCNC(=O)[C@H](C)N(Cc1c(Cl)cccc1Cl)C(=O)CN(c1ccc(C)cc1)S(=O)(=O)c1ccc(OC)cc1. The van der Waals surface area contributed by atoms with Crippen LogP contribution >= 0.6 is 23.2 Å². The molecule has 0 aliphatic heterocycles. The van der Waals surface area contributed by atoms with Crippen molar-refractivity contribution in [2.75, 3.05) is 24.5 Å². The molecule has 11 heteroatoms. The number of hydrogen-bond acceptors (Lipinski definition) is 5. The van der Waals surface area contributed by atoms with Crippen molar-refractivity contribution in [3.63, 3.8) is 0 Å². The van der Waals surface area contributed by atoms with Gasteiger partial charge in [-0.25, -0.2) is 8.42 Å². The molecular weight excluding hydrogens is 573 g/mol. The zero-order valence-electron chi connectivity index (χ0n) is 22.9. The van der Waals surface area contributed by atoms with Gasteiger partial charge in [0, 0.05) is 28.7 Å². The maximum atomic E-state index is 14.0. The minimum atomic E-state index is -4.19. The third-order valence-electron chi connectivity index (χ3n) is 6.35. The molecule has 0 saturated heterocycles. The van der Waals surface area contributed by atoms with Crippen molar-refractivity contribution in [1.29, 1.82) is 0 Å². The summed E-state index contributed by atoms with van der Waals surface area (Å²) in [5, 5.41) is 3.45. The first-order chi connectivity index (χ1) is 19.0. The maximum absolute atomic E-state index is 14.0. The van der Waals surface area contributed by atoms with Crippen molar-refractivity contribution in [1.82, 2.24) is 10.2 Å². The van der Waals surface area contributed by atoms with Crippen LogP contribution in [0, 0.1) is 6.92 Å². The van der Waals surface area contributed by atoms with E-state index in [-0.39, 0.29) is 17.3 Å². The maximum Gasteiger partial charge on any atom is 0.264 e. The van der Waals surface area contributed by atoms with Crippen LogP contribution < -0.4 is 14.4 Å². The predicted octanol–water partition coefficient (Wildman–Crippen LogP) is 5.45. The summed E-state index contributed by atoms with van der Waals surface area (Å²) in [6.45, 7) is 5.15. The van der Waals surface area contributed by atoms with E-state index in [0.29, 0.717) is 40.0 Å². The summed E-state index contributed by atoms with van der Waals surface area (Å²) in [7, 11) is -2.71. The monoisotopic (exact) mass is 605 g/mol. The van der Waals surface area contributed by atoms with Crippen molar-refractivity contribution in [2.24, 2.45) is 0 Å². The van der Waals surface area contributed by atoms with Crippen molar-refractivity contribution >= 4 is 50.7 Å². The molecule has 0 aliphatic carbocycles. The van der Waals surface area contributed by atoms with Gasteiger partial charge in [0.2, 0.25) is 11.8 Å². The Labute approximate surface area is 245 Å². The Hall–Kier alpha value is -3.27. The van der Waals surface area contributed by atoms with E-state index in [4.69, 9.17) is 27.9 Å². The van der Waals surface area contributed by atoms with Crippen molar-refractivity contribution in [3.05, 3.63) is 87.9 Å². The largest absolute Gasteiger partial charge is 0.497 e. The Morgan fingerprint density at radius 1 is 0.975 bits per heavy atom. The van der Waals surface area contributed by atoms with E-state index in [1.54, 1.807) is 49.4 Å². The Morgan fingerprint density at radius 2 is 1.57 bits per heavy atom. The number of carbonyl (C=O) groups is 2. The number of nitrogens with zero attached hydrogens (tertiary/aromatic N) is 2. The zero-order valence-corrected chi connectivity index (χ0v) is 25.2. The summed E-state index contributed by atoms with van der Waals surface area (Å²) < 4.78 is 34.0. The smallest absolute Gasteiger partial charge is 0.264 e. The summed E-state index contributed by atoms with van der Waals surface area (Å²) in [4.78, 5) is 28.2. The Bertz CT molecular complexity index is 1410. The van der Waals surface area contributed by atoms with E-state index >= 15 is 0 Å². The highest BCUT2D eigenvalue weighted by molar-refractivity contribution is 7.92. The molecule has 0 aromatic heterocycles. The number of halogens is 2. The first kappa shape index (κ1) is 31.3. The van der Waals surface area contributed by atoms with Crippen molar-refractivity contribution in [2.45, 2.75) is 44.7 Å². The van der Waals surface area contributed by atoms with Gasteiger partial charge in [-0.1, -0.05) is 53.9 Å². The van der Waals surface area contributed by atoms with Crippen LogP contribution in [-0.2, 0) is 26.2 Å². The number of carbonyl (C=O) groups excluding carboxylic acids is 2. The minimum absolute atomic E-state index is 0.0175. The molecule has 0 heterocycles. The van der Waals surface area contributed by atoms with Gasteiger partial charge in [-0.3, -0.25) is 13.9 Å². The summed E-state index contributed by atoms with van der Waals surface area (Å²) in [5.41, 5.74) is 1.68. The number of ether oxygens (including phenoxy) is 1. The van der Waals surface area contributed by atoms with Crippen LogP contribution in [0.5, 0.6) is 5.75 Å². The van der Waals surface area contributed by atoms with Crippen LogP contribution in [0.15, 0.2) is 71.6 Å². The molecule has 2 amide bonds.